The Balaban J connectivity index is 1.35. The first kappa shape index (κ1) is 21.6. The van der Waals surface area contributed by atoms with Crippen molar-refractivity contribution in [2.45, 2.75) is 25.8 Å². The van der Waals surface area contributed by atoms with Crippen LogP contribution in [0.3, 0.4) is 0 Å². The highest BCUT2D eigenvalue weighted by Gasteiger charge is 2.26. The Kier molecular flexibility index (Phi) is 6.64. The Morgan fingerprint density at radius 2 is 1.76 bits per heavy atom. The average Bonchev–Trinajstić information content (AvgIpc) is 3.28. The van der Waals surface area contributed by atoms with E-state index in [0.717, 1.165) is 80.9 Å². The van der Waals surface area contributed by atoms with E-state index in [0.29, 0.717) is 11.9 Å². The molecule has 0 unspecified atom stereocenters. The number of aromatic amines is 1. The molecule has 8 nitrogen and oxygen atoms in total. The molecule has 2 aliphatic heterocycles. The molecule has 2 saturated heterocycles. The van der Waals surface area contributed by atoms with E-state index in [4.69, 9.17) is 14.7 Å². The van der Waals surface area contributed by atoms with Crippen molar-refractivity contribution in [1.82, 2.24) is 25.1 Å². The van der Waals surface area contributed by atoms with Gasteiger partial charge in [0, 0.05) is 50.0 Å². The number of aryl methyl sites for hydroxylation is 1. The quantitative estimate of drug-likeness (QED) is 0.598. The Morgan fingerprint density at radius 1 is 0.970 bits per heavy atom. The zero-order valence-electron chi connectivity index (χ0n) is 19.1. The molecule has 1 aromatic carbocycles. The molecule has 33 heavy (non-hydrogen) atoms. The van der Waals surface area contributed by atoms with Gasteiger partial charge in [-0.3, -0.25) is 10.00 Å². The molecule has 0 saturated carbocycles. The molecule has 2 fully saturated rings. The van der Waals surface area contributed by atoms with Gasteiger partial charge in [0.2, 0.25) is 0 Å². The summed E-state index contributed by atoms with van der Waals surface area (Å²) in [7, 11) is 0. The number of hydrogen-bond donors (Lipinski definition) is 2. The molecule has 3 aromatic rings. The number of piperidine rings is 1. The lowest BCUT2D eigenvalue weighted by Gasteiger charge is -2.40. The number of rotatable bonds is 6. The highest BCUT2D eigenvalue weighted by atomic mass is 16.5. The van der Waals surface area contributed by atoms with Crippen molar-refractivity contribution < 1.29 is 4.74 Å². The van der Waals surface area contributed by atoms with E-state index < -0.39 is 0 Å². The number of morpholine rings is 1. The lowest BCUT2D eigenvalue weighted by atomic mass is 10.0. The number of nitrogens with one attached hydrogen (secondary N) is 2. The Bertz CT molecular complexity index is 1070. The van der Waals surface area contributed by atoms with Gasteiger partial charge in [0.25, 0.3) is 0 Å². The average molecular weight is 446 g/mol. The normalized spacial score (nSPS) is 18.2. The fraction of sp³-hybridized carbons (Fsp3) is 0.400. The van der Waals surface area contributed by atoms with Crippen LogP contribution in [-0.4, -0.2) is 70.5 Å². The molecule has 4 heterocycles. The van der Waals surface area contributed by atoms with Crippen LogP contribution in [0.2, 0.25) is 0 Å². The van der Waals surface area contributed by atoms with Crippen LogP contribution in [0.25, 0.3) is 12.2 Å². The third-order valence-corrected chi connectivity index (χ3v) is 6.27. The smallest absolute Gasteiger partial charge is 0.156 e. The molecule has 172 valence electrons. The second-order valence-corrected chi connectivity index (χ2v) is 8.64. The van der Waals surface area contributed by atoms with Crippen LogP contribution in [-0.2, 0) is 4.74 Å². The van der Waals surface area contributed by atoms with Crippen LogP contribution < -0.4 is 10.2 Å². The predicted octanol–water partition coefficient (Wildman–Crippen LogP) is 3.72. The second-order valence-electron chi connectivity index (χ2n) is 8.64. The summed E-state index contributed by atoms with van der Waals surface area (Å²) in [6, 6.07) is 14.8. The van der Waals surface area contributed by atoms with Crippen LogP contribution in [0, 0.1) is 6.92 Å². The number of ether oxygens (including phenoxy) is 1. The summed E-state index contributed by atoms with van der Waals surface area (Å²) in [4.78, 5) is 14.6. The van der Waals surface area contributed by atoms with Crippen molar-refractivity contribution in [3.63, 3.8) is 0 Å². The van der Waals surface area contributed by atoms with Crippen LogP contribution in [0.5, 0.6) is 0 Å². The summed E-state index contributed by atoms with van der Waals surface area (Å²) in [5.74, 6) is 3.13. The lowest BCUT2D eigenvalue weighted by Crippen LogP contribution is -2.49. The summed E-state index contributed by atoms with van der Waals surface area (Å²) < 4.78 is 5.52. The maximum absolute atomic E-state index is 5.52. The molecule has 5 rings (SSSR count). The maximum Gasteiger partial charge on any atom is 0.156 e. The van der Waals surface area contributed by atoms with Crippen LogP contribution in [0.1, 0.15) is 29.9 Å². The zero-order valence-corrected chi connectivity index (χ0v) is 19.1. The number of aromatic nitrogens is 4. The van der Waals surface area contributed by atoms with Gasteiger partial charge in [0.15, 0.2) is 11.6 Å². The van der Waals surface area contributed by atoms with Gasteiger partial charge in [-0.1, -0.05) is 36.4 Å². The Labute approximate surface area is 194 Å². The molecule has 2 aliphatic rings. The first-order valence-corrected chi connectivity index (χ1v) is 11.7. The highest BCUT2D eigenvalue weighted by Crippen LogP contribution is 2.25. The summed E-state index contributed by atoms with van der Waals surface area (Å²) in [5.41, 5.74) is 2.12. The zero-order chi connectivity index (χ0) is 22.5. The largest absolute Gasteiger partial charge is 0.379 e. The topological polar surface area (TPSA) is 82.2 Å². The molecule has 0 radical (unpaired) electrons. The standard InChI is InChI=1S/C25H31N7O/c1-19-17-24(30-29-19)27-23-18-25(28-22(26-23)8-7-20-5-3-2-4-6-20)32-11-9-21(10-12-32)31-13-15-33-16-14-31/h2-8,17-18,21H,9-16H2,1H3,(H2,26,27,28,29,30). The first-order valence-electron chi connectivity index (χ1n) is 11.7. The van der Waals surface area contributed by atoms with E-state index >= 15 is 0 Å². The molecular weight excluding hydrogens is 414 g/mol. The van der Waals surface area contributed by atoms with E-state index in [1.165, 1.54) is 0 Å². The summed E-state index contributed by atoms with van der Waals surface area (Å²) in [5, 5.41) is 10.6. The first-order chi connectivity index (χ1) is 16.2. The summed E-state index contributed by atoms with van der Waals surface area (Å²) in [6.07, 6.45) is 6.30. The van der Waals surface area contributed by atoms with Crippen LogP contribution in [0.15, 0.2) is 42.5 Å². The van der Waals surface area contributed by atoms with Crippen LogP contribution in [0.4, 0.5) is 17.5 Å². The van der Waals surface area contributed by atoms with Gasteiger partial charge in [-0.05, 0) is 31.4 Å². The number of H-pyrrole nitrogens is 1. The molecule has 0 atom stereocenters. The van der Waals surface area contributed by atoms with Gasteiger partial charge in [0.05, 0.1) is 13.2 Å². The predicted molar refractivity (Wildman–Crippen MR) is 132 cm³/mol. The van der Waals surface area contributed by atoms with Gasteiger partial charge < -0.3 is 15.0 Å². The molecular formula is C25H31N7O. The van der Waals surface area contributed by atoms with Crippen molar-refractivity contribution >= 4 is 29.6 Å². The molecule has 0 spiro atoms. The third-order valence-electron chi connectivity index (χ3n) is 6.27. The molecule has 2 N–H and O–H groups in total. The van der Waals surface area contributed by atoms with E-state index in [9.17, 15) is 0 Å². The fourth-order valence-corrected chi connectivity index (χ4v) is 4.50. The Morgan fingerprint density at radius 3 is 2.48 bits per heavy atom. The van der Waals surface area contributed by atoms with E-state index in [-0.39, 0.29) is 0 Å². The fourth-order valence-electron chi connectivity index (χ4n) is 4.50. The van der Waals surface area contributed by atoms with Gasteiger partial charge in [-0.15, -0.1) is 0 Å². The van der Waals surface area contributed by atoms with Crippen molar-refractivity contribution in [1.29, 1.82) is 0 Å². The minimum atomic E-state index is 0.633. The molecule has 8 heteroatoms. The summed E-state index contributed by atoms with van der Waals surface area (Å²) in [6.45, 7) is 7.75. The van der Waals surface area contributed by atoms with E-state index in [1.54, 1.807) is 0 Å². The highest BCUT2D eigenvalue weighted by molar-refractivity contribution is 5.69. The number of hydrogen-bond acceptors (Lipinski definition) is 7. The Hall–Kier alpha value is -3.23. The molecule has 0 amide bonds. The van der Waals surface area contributed by atoms with Crippen molar-refractivity contribution in [3.8, 4) is 0 Å². The van der Waals surface area contributed by atoms with E-state index in [1.807, 2.05) is 49.4 Å². The minimum Gasteiger partial charge on any atom is -0.379 e. The van der Waals surface area contributed by atoms with Crippen molar-refractivity contribution in [2.75, 3.05) is 49.6 Å². The van der Waals surface area contributed by atoms with Gasteiger partial charge >= 0.3 is 0 Å². The van der Waals surface area contributed by atoms with Gasteiger partial charge in [-0.2, -0.15) is 5.10 Å². The number of nitrogens with zero attached hydrogens (tertiary/aromatic N) is 5. The molecule has 2 aromatic heterocycles. The van der Waals surface area contributed by atoms with Gasteiger partial charge in [0.1, 0.15) is 11.6 Å². The molecule has 0 aliphatic carbocycles. The number of benzene rings is 1. The summed E-state index contributed by atoms with van der Waals surface area (Å²) >= 11 is 0. The second kappa shape index (κ2) is 10.1. The third kappa shape index (κ3) is 5.58. The van der Waals surface area contributed by atoms with Crippen LogP contribution >= 0.6 is 0 Å². The molecule has 0 bridgehead atoms. The monoisotopic (exact) mass is 445 g/mol. The van der Waals surface area contributed by atoms with Crippen molar-refractivity contribution in [2.24, 2.45) is 0 Å². The number of anilines is 3. The van der Waals surface area contributed by atoms with Gasteiger partial charge in [-0.25, -0.2) is 9.97 Å². The maximum atomic E-state index is 5.52. The SMILES string of the molecule is Cc1cc(Nc2cc(N3CCC(N4CCOCC4)CC3)nc(C=Cc3ccccc3)n2)n[nH]1. The van der Waals surface area contributed by atoms with Crippen molar-refractivity contribution in [3.05, 3.63) is 59.5 Å². The minimum absolute atomic E-state index is 0.633. The lowest BCUT2D eigenvalue weighted by molar-refractivity contribution is 0.0115. The van der Waals surface area contributed by atoms with E-state index in [2.05, 4.69) is 37.4 Å².